The first-order valence-corrected chi connectivity index (χ1v) is 8.90. The number of nitro groups is 1. The van der Waals surface area contributed by atoms with Gasteiger partial charge in [-0.3, -0.25) is 15.0 Å². The minimum atomic E-state index is -0.299. The highest BCUT2D eigenvalue weighted by Crippen LogP contribution is 2.34. The van der Waals surface area contributed by atoms with Crippen LogP contribution in [0.2, 0.25) is 0 Å². The summed E-state index contributed by atoms with van der Waals surface area (Å²) in [4.78, 5) is 15.5. The SMILES string of the molecule is CN(c1ccccc1)c1ccc(CN2CCC(C)(CN)C2)cc1[N+](=O)[O-].Cl. The fraction of sp³-hybridized carbons (Fsp3) is 0.400. The maximum Gasteiger partial charge on any atom is 0.293 e. The summed E-state index contributed by atoms with van der Waals surface area (Å²) in [6.45, 7) is 5.50. The molecule has 1 saturated heterocycles. The van der Waals surface area contributed by atoms with Crippen molar-refractivity contribution in [3.05, 3.63) is 64.2 Å². The first-order chi connectivity index (χ1) is 12.4. The smallest absolute Gasteiger partial charge is 0.293 e. The van der Waals surface area contributed by atoms with Crippen molar-refractivity contribution in [1.29, 1.82) is 0 Å². The van der Waals surface area contributed by atoms with Crippen LogP contribution in [0.15, 0.2) is 48.5 Å². The number of hydrogen-bond donors (Lipinski definition) is 1. The standard InChI is InChI=1S/C20H26N4O2.ClH/c1-20(14-21)10-11-23(15-20)13-16-8-9-18(19(12-16)24(25)26)22(2)17-6-4-3-5-7-17;/h3-9,12H,10-11,13-15,21H2,1-2H3;1H. The lowest BCUT2D eigenvalue weighted by Crippen LogP contribution is -2.31. The van der Waals surface area contributed by atoms with Gasteiger partial charge in [0.1, 0.15) is 5.69 Å². The Morgan fingerprint density at radius 3 is 2.56 bits per heavy atom. The summed E-state index contributed by atoms with van der Waals surface area (Å²) in [6.07, 6.45) is 1.07. The van der Waals surface area contributed by atoms with E-state index < -0.39 is 0 Å². The van der Waals surface area contributed by atoms with Crippen LogP contribution in [-0.2, 0) is 6.54 Å². The van der Waals surface area contributed by atoms with Crippen molar-refractivity contribution in [2.75, 3.05) is 31.6 Å². The van der Waals surface area contributed by atoms with Crippen molar-refractivity contribution >= 4 is 29.5 Å². The van der Waals surface area contributed by atoms with Gasteiger partial charge in [-0.2, -0.15) is 0 Å². The lowest BCUT2D eigenvalue weighted by atomic mass is 9.90. The monoisotopic (exact) mass is 390 g/mol. The zero-order chi connectivity index (χ0) is 18.7. The summed E-state index contributed by atoms with van der Waals surface area (Å²) in [5.41, 5.74) is 8.64. The van der Waals surface area contributed by atoms with Gasteiger partial charge < -0.3 is 10.6 Å². The number of para-hydroxylation sites is 1. The molecule has 1 fully saturated rings. The van der Waals surface area contributed by atoms with Gasteiger partial charge in [0, 0.05) is 31.9 Å². The number of halogens is 1. The molecule has 0 aromatic heterocycles. The summed E-state index contributed by atoms with van der Waals surface area (Å²) in [6, 6.07) is 15.2. The molecule has 2 aromatic carbocycles. The Morgan fingerprint density at radius 2 is 1.96 bits per heavy atom. The van der Waals surface area contributed by atoms with Gasteiger partial charge in [0.15, 0.2) is 0 Å². The molecule has 3 rings (SSSR count). The van der Waals surface area contributed by atoms with Crippen molar-refractivity contribution in [2.45, 2.75) is 19.9 Å². The maximum atomic E-state index is 11.6. The van der Waals surface area contributed by atoms with Crippen LogP contribution >= 0.6 is 12.4 Å². The Labute approximate surface area is 166 Å². The molecule has 2 N–H and O–H groups in total. The number of rotatable bonds is 6. The van der Waals surface area contributed by atoms with E-state index in [2.05, 4.69) is 11.8 Å². The van der Waals surface area contributed by atoms with Crippen LogP contribution in [0.25, 0.3) is 0 Å². The van der Waals surface area contributed by atoms with Gasteiger partial charge in [0.25, 0.3) is 5.69 Å². The maximum absolute atomic E-state index is 11.6. The molecule has 0 radical (unpaired) electrons. The fourth-order valence-electron chi connectivity index (χ4n) is 3.57. The van der Waals surface area contributed by atoms with E-state index >= 15 is 0 Å². The molecule has 146 valence electrons. The molecular formula is C20H27ClN4O2. The van der Waals surface area contributed by atoms with Gasteiger partial charge in [0.05, 0.1) is 4.92 Å². The Balaban J connectivity index is 0.00000261. The number of nitrogens with zero attached hydrogens (tertiary/aromatic N) is 3. The van der Waals surface area contributed by atoms with E-state index in [9.17, 15) is 10.1 Å². The van der Waals surface area contributed by atoms with Crippen molar-refractivity contribution in [3.8, 4) is 0 Å². The molecule has 1 atom stereocenters. The second kappa shape index (κ2) is 8.69. The first-order valence-electron chi connectivity index (χ1n) is 8.90. The van der Waals surface area contributed by atoms with Crippen LogP contribution < -0.4 is 10.6 Å². The number of likely N-dealkylation sites (tertiary alicyclic amines) is 1. The minimum absolute atomic E-state index is 0. The van der Waals surface area contributed by atoms with Crippen molar-refractivity contribution in [2.24, 2.45) is 11.1 Å². The topological polar surface area (TPSA) is 75.6 Å². The number of hydrogen-bond acceptors (Lipinski definition) is 5. The molecule has 1 heterocycles. The lowest BCUT2D eigenvalue weighted by Gasteiger charge is -2.23. The average Bonchev–Trinajstić information content (AvgIpc) is 3.03. The van der Waals surface area contributed by atoms with E-state index in [-0.39, 0.29) is 28.4 Å². The van der Waals surface area contributed by atoms with E-state index in [1.807, 2.05) is 54.4 Å². The fourth-order valence-corrected chi connectivity index (χ4v) is 3.57. The van der Waals surface area contributed by atoms with Crippen molar-refractivity contribution < 1.29 is 4.92 Å². The van der Waals surface area contributed by atoms with Crippen LogP contribution in [0, 0.1) is 15.5 Å². The molecule has 27 heavy (non-hydrogen) atoms. The van der Waals surface area contributed by atoms with E-state index in [1.54, 1.807) is 6.07 Å². The second-order valence-corrected chi connectivity index (χ2v) is 7.45. The molecule has 0 aliphatic carbocycles. The molecule has 2 aromatic rings. The highest BCUT2D eigenvalue weighted by molar-refractivity contribution is 5.85. The molecule has 0 bridgehead atoms. The van der Waals surface area contributed by atoms with Gasteiger partial charge in [-0.1, -0.05) is 31.2 Å². The number of nitro benzene ring substituents is 1. The third kappa shape index (κ3) is 4.77. The van der Waals surface area contributed by atoms with Crippen LogP contribution in [0.1, 0.15) is 18.9 Å². The normalized spacial score (nSPS) is 19.5. The third-order valence-corrected chi connectivity index (χ3v) is 5.28. The average molecular weight is 391 g/mol. The molecule has 1 aliphatic rings. The van der Waals surface area contributed by atoms with Crippen LogP contribution in [0.3, 0.4) is 0 Å². The highest BCUT2D eigenvalue weighted by Gasteiger charge is 2.32. The summed E-state index contributed by atoms with van der Waals surface area (Å²) in [5, 5.41) is 11.6. The Hall–Kier alpha value is -2.15. The van der Waals surface area contributed by atoms with Crippen molar-refractivity contribution in [3.63, 3.8) is 0 Å². The molecule has 1 aliphatic heterocycles. The van der Waals surface area contributed by atoms with E-state index in [4.69, 9.17) is 5.73 Å². The van der Waals surface area contributed by atoms with Gasteiger partial charge >= 0.3 is 0 Å². The Bertz CT molecular complexity index is 787. The van der Waals surface area contributed by atoms with E-state index in [0.717, 1.165) is 30.8 Å². The Kier molecular flexibility index (Phi) is 6.81. The minimum Gasteiger partial charge on any atom is -0.339 e. The number of nitrogens with two attached hydrogens (primary N) is 1. The predicted octanol–water partition coefficient (Wildman–Crippen LogP) is 3.96. The van der Waals surface area contributed by atoms with Gasteiger partial charge in [0.2, 0.25) is 0 Å². The summed E-state index contributed by atoms with van der Waals surface area (Å²) < 4.78 is 0. The molecule has 0 saturated carbocycles. The predicted molar refractivity (Wildman–Crippen MR) is 112 cm³/mol. The zero-order valence-electron chi connectivity index (χ0n) is 15.8. The molecule has 1 unspecified atom stereocenters. The Morgan fingerprint density at radius 1 is 1.26 bits per heavy atom. The molecule has 0 spiro atoms. The van der Waals surface area contributed by atoms with Gasteiger partial charge in [-0.25, -0.2) is 0 Å². The van der Waals surface area contributed by atoms with E-state index in [1.165, 1.54) is 0 Å². The largest absolute Gasteiger partial charge is 0.339 e. The highest BCUT2D eigenvalue weighted by atomic mass is 35.5. The lowest BCUT2D eigenvalue weighted by molar-refractivity contribution is -0.384. The third-order valence-electron chi connectivity index (χ3n) is 5.28. The van der Waals surface area contributed by atoms with Gasteiger partial charge in [-0.15, -0.1) is 12.4 Å². The first kappa shape index (κ1) is 21.2. The van der Waals surface area contributed by atoms with Gasteiger partial charge in [-0.05, 0) is 48.7 Å². The van der Waals surface area contributed by atoms with Crippen LogP contribution in [0.5, 0.6) is 0 Å². The molecule has 7 heteroatoms. The molecular weight excluding hydrogens is 364 g/mol. The quantitative estimate of drug-likeness (QED) is 0.596. The summed E-state index contributed by atoms with van der Waals surface area (Å²) in [7, 11) is 1.85. The number of benzene rings is 2. The van der Waals surface area contributed by atoms with Crippen LogP contribution in [0.4, 0.5) is 17.1 Å². The summed E-state index contributed by atoms with van der Waals surface area (Å²) in [5.74, 6) is 0. The molecule has 6 nitrogen and oxygen atoms in total. The van der Waals surface area contributed by atoms with E-state index in [0.29, 0.717) is 18.8 Å². The van der Waals surface area contributed by atoms with Crippen molar-refractivity contribution in [1.82, 2.24) is 4.90 Å². The number of anilines is 2. The summed E-state index contributed by atoms with van der Waals surface area (Å²) >= 11 is 0. The second-order valence-electron chi connectivity index (χ2n) is 7.45. The van der Waals surface area contributed by atoms with Crippen LogP contribution in [-0.4, -0.2) is 36.5 Å². The zero-order valence-corrected chi connectivity index (χ0v) is 16.6. The molecule has 0 amide bonds.